The van der Waals surface area contributed by atoms with E-state index < -0.39 is 0 Å². The monoisotopic (exact) mass is 330 g/mol. The molecule has 3 rings (SSSR count). The summed E-state index contributed by atoms with van der Waals surface area (Å²) in [7, 11) is 0. The summed E-state index contributed by atoms with van der Waals surface area (Å²) in [5, 5.41) is 0. The van der Waals surface area contributed by atoms with Crippen molar-refractivity contribution >= 4 is 35.1 Å². The van der Waals surface area contributed by atoms with Crippen LogP contribution in [-0.4, -0.2) is 28.9 Å². The largest absolute Gasteiger partial charge is 0.309 e. The highest BCUT2D eigenvalue weighted by molar-refractivity contribution is 8.19. The van der Waals surface area contributed by atoms with E-state index in [2.05, 4.69) is 17.1 Å². The van der Waals surface area contributed by atoms with Crippen molar-refractivity contribution in [2.24, 2.45) is 0 Å². The molecule has 22 heavy (non-hydrogen) atoms. The van der Waals surface area contributed by atoms with E-state index in [9.17, 15) is 4.79 Å². The Morgan fingerprint density at radius 1 is 1.14 bits per heavy atom. The van der Waals surface area contributed by atoms with Crippen LogP contribution in [0, 0.1) is 0 Å². The number of aromatic nitrogens is 1. The number of hydrogen-bond donors (Lipinski definition) is 0. The van der Waals surface area contributed by atoms with E-state index in [4.69, 9.17) is 0 Å². The highest BCUT2D eigenvalue weighted by Crippen LogP contribution is 2.45. The van der Waals surface area contributed by atoms with E-state index in [1.807, 2.05) is 54.7 Å². The normalized spacial score (nSPS) is 15.0. The molecule has 0 saturated carbocycles. The van der Waals surface area contributed by atoms with Crippen LogP contribution in [0.4, 0.5) is 5.69 Å². The zero-order chi connectivity index (χ0) is 15.4. The lowest BCUT2D eigenvalue weighted by molar-refractivity contribution is 0.0988. The molecule has 0 aliphatic carbocycles. The number of carbonyl (C=O) groups excluding carboxylic acids is 1. The first-order chi connectivity index (χ1) is 10.8. The molecule has 1 aliphatic heterocycles. The number of rotatable bonds is 4. The summed E-state index contributed by atoms with van der Waals surface area (Å²) in [5.74, 6) is 2.45. The minimum Gasteiger partial charge on any atom is -0.309 e. The molecule has 0 atom stereocenters. The van der Waals surface area contributed by atoms with Crippen LogP contribution in [0.1, 0.15) is 27.4 Å². The van der Waals surface area contributed by atoms with Crippen molar-refractivity contribution in [3.63, 3.8) is 0 Å². The quantitative estimate of drug-likeness (QED) is 0.840. The Morgan fingerprint density at radius 2 is 1.77 bits per heavy atom. The Labute approximate surface area is 139 Å². The maximum absolute atomic E-state index is 12.7. The van der Waals surface area contributed by atoms with Crippen LogP contribution in [0.5, 0.6) is 0 Å². The third-order valence-electron chi connectivity index (χ3n) is 3.59. The number of nitrogens with zero attached hydrogens (tertiary/aromatic N) is 2. The molecule has 1 aromatic carbocycles. The summed E-state index contributed by atoms with van der Waals surface area (Å²) in [4.78, 5) is 18.5. The molecule has 114 valence electrons. The fraction of sp³-hybridized carbons (Fsp3) is 0.294. The van der Waals surface area contributed by atoms with Crippen molar-refractivity contribution in [1.82, 2.24) is 4.98 Å². The lowest BCUT2D eigenvalue weighted by Crippen LogP contribution is -2.30. The average molecular weight is 330 g/mol. The van der Waals surface area contributed by atoms with Crippen molar-refractivity contribution in [3.8, 4) is 0 Å². The standard InChI is InChI=1S/C17H18N2OS2/c1-2-19(15-7-9-18-10-8-15)16(20)13-3-5-14(6-4-13)17-21-11-12-22-17/h3-10,17H,2,11-12H2,1H3. The van der Waals surface area contributed by atoms with Gasteiger partial charge < -0.3 is 4.90 Å². The predicted octanol–water partition coefficient (Wildman–Crippen LogP) is 4.23. The van der Waals surface area contributed by atoms with Crippen molar-refractivity contribution < 1.29 is 4.79 Å². The molecule has 0 bridgehead atoms. The summed E-state index contributed by atoms with van der Waals surface area (Å²) >= 11 is 3.96. The molecule has 5 heteroatoms. The molecule has 1 fully saturated rings. The fourth-order valence-electron chi connectivity index (χ4n) is 2.46. The Hall–Kier alpha value is -1.46. The van der Waals surface area contributed by atoms with Crippen molar-refractivity contribution in [2.75, 3.05) is 23.0 Å². The number of anilines is 1. The smallest absolute Gasteiger partial charge is 0.258 e. The predicted molar refractivity (Wildman–Crippen MR) is 95.7 cm³/mol. The maximum Gasteiger partial charge on any atom is 0.258 e. The number of pyridine rings is 1. The van der Waals surface area contributed by atoms with E-state index in [1.165, 1.54) is 17.1 Å². The highest BCUT2D eigenvalue weighted by Gasteiger charge is 2.20. The van der Waals surface area contributed by atoms with Gasteiger partial charge in [0, 0.05) is 41.7 Å². The van der Waals surface area contributed by atoms with Gasteiger partial charge >= 0.3 is 0 Å². The molecule has 1 aliphatic rings. The molecule has 2 heterocycles. The molecule has 0 radical (unpaired) electrons. The summed E-state index contributed by atoms with van der Waals surface area (Å²) < 4.78 is 0.520. The van der Waals surface area contributed by atoms with Gasteiger partial charge in [0.25, 0.3) is 5.91 Å². The van der Waals surface area contributed by atoms with Crippen molar-refractivity contribution in [3.05, 3.63) is 59.9 Å². The molecule has 1 amide bonds. The summed E-state index contributed by atoms with van der Waals surface area (Å²) in [6.45, 7) is 2.62. The third kappa shape index (κ3) is 3.31. The van der Waals surface area contributed by atoms with Gasteiger partial charge in [-0.1, -0.05) is 12.1 Å². The Balaban J connectivity index is 1.79. The van der Waals surface area contributed by atoms with Gasteiger partial charge in [-0.2, -0.15) is 0 Å². The van der Waals surface area contributed by atoms with Crippen molar-refractivity contribution in [1.29, 1.82) is 0 Å². The van der Waals surface area contributed by atoms with E-state index in [1.54, 1.807) is 17.3 Å². The molecule has 1 aromatic heterocycles. The van der Waals surface area contributed by atoms with Crippen LogP contribution in [0.3, 0.4) is 0 Å². The van der Waals surface area contributed by atoms with Gasteiger partial charge in [-0.3, -0.25) is 9.78 Å². The first-order valence-corrected chi connectivity index (χ1v) is 9.44. The molecule has 0 spiro atoms. The minimum atomic E-state index is 0.0342. The minimum absolute atomic E-state index is 0.0342. The van der Waals surface area contributed by atoms with Gasteiger partial charge in [-0.15, -0.1) is 23.5 Å². The van der Waals surface area contributed by atoms with Crippen LogP contribution < -0.4 is 4.90 Å². The van der Waals surface area contributed by atoms with E-state index in [0.29, 0.717) is 11.1 Å². The van der Waals surface area contributed by atoms with Gasteiger partial charge in [-0.05, 0) is 36.8 Å². The number of hydrogen-bond acceptors (Lipinski definition) is 4. The van der Waals surface area contributed by atoms with Gasteiger partial charge in [-0.25, -0.2) is 0 Å². The molecule has 3 nitrogen and oxygen atoms in total. The van der Waals surface area contributed by atoms with Crippen LogP contribution in [-0.2, 0) is 0 Å². The Kier molecular flexibility index (Phi) is 5.05. The second-order valence-corrected chi connectivity index (χ2v) is 7.67. The summed E-state index contributed by atoms with van der Waals surface area (Å²) in [5.41, 5.74) is 2.92. The first kappa shape index (κ1) is 15.4. The second kappa shape index (κ2) is 7.20. The van der Waals surface area contributed by atoms with Crippen LogP contribution in [0.2, 0.25) is 0 Å². The lowest BCUT2D eigenvalue weighted by Gasteiger charge is -2.21. The molecule has 2 aromatic rings. The molecule has 0 N–H and O–H groups in total. The number of benzene rings is 1. The first-order valence-electron chi connectivity index (χ1n) is 7.34. The zero-order valence-corrected chi connectivity index (χ0v) is 14.1. The summed E-state index contributed by atoms with van der Waals surface area (Å²) in [6, 6.07) is 11.8. The molecular weight excluding hydrogens is 312 g/mol. The SMILES string of the molecule is CCN(C(=O)c1ccc(C2SCCS2)cc1)c1ccncc1. The zero-order valence-electron chi connectivity index (χ0n) is 12.4. The third-order valence-corrected chi connectivity index (χ3v) is 6.69. The number of amides is 1. The Bertz CT molecular complexity index is 625. The molecular formula is C17H18N2OS2. The lowest BCUT2D eigenvalue weighted by atomic mass is 10.1. The number of thioether (sulfide) groups is 2. The van der Waals surface area contributed by atoms with Crippen molar-refractivity contribution in [2.45, 2.75) is 11.5 Å². The van der Waals surface area contributed by atoms with Crippen LogP contribution in [0.25, 0.3) is 0 Å². The second-order valence-electron chi connectivity index (χ2n) is 4.95. The van der Waals surface area contributed by atoms with Gasteiger partial charge in [0.15, 0.2) is 0 Å². The average Bonchev–Trinajstić information content (AvgIpc) is 3.11. The highest BCUT2D eigenvalue weighted by atomic mass is 32.2. The Morgan fingerprint density at radius 3 is 2.36 bits per heavy atom. The fourth-order valence-corrected chi connectivity index (χ4v) is 5.32. The van der Waals surface area contributed by atoms with E-state index in [-0.39, 0.29) is 5.91 Å². The topological polar surface area (TPSA) is 33.2 Å². The van der Waals surface area contributed by atoms with Gasteiger partial charge in [0.05, 0.1) is 4.58 Å². The van der Waals surface area contributed by atoms with Crippen LogP contribution >= 0.6 is 23.5 Å². The van der Waals surface area contributed by atoms with E-state index >= 15 is 0 Å². The molecule has 1 saturated heterocycles. The molecule has 0 unspecified atom stereocenters. The van der Waals surface area contributed by atoms with E-state index in [0.717, 1.165) is 11.3 Å². The summed E-state index contributed by atoms with van der Waals surface area (Å²) in [6.07, 6.45) is 3.42. The number of carbonyl (C=O) groups is 1. The van der Waals surface area contributed by atoms with Gasteiger partial charge in [0.1, 0.15) is 0 Å². The van der Waals surface area contributed by atoms with Gasteiger partial charge in [0.2, 0.25) is 0 Å². The maximum atomic E-state index is 12.7. The van der Waals surface area contributed by atoms with Crippen LogP contribution in [0.15, 0.2) is 48.8 Å².